The Labute approximate surface area is 81.6 Å². The van der Waals surface area contributed by atoms with E-state index in [1.165, 1.54) is 0 Å². The summed E-state index contributed by atoms with van der Waals surface area (Å²) in [6.45, 7) is 2.02. The first-order chi connectivity index (χ1) is 6.86. The van der Waals surface area contributed by atoms with Gasteiger partial charge in [0.1, 0.15) is 0 Å². The summed E-state index contributed by atoms with van der Waals surface area (Å²) in [7, 11) is 0. The Bertz CT molecular complexity index is 369. The number of H-pyrrole nitrogens is 1. The first-order valence-electron chi connectivity index (χ1n) is 4.39. The lowest BCUT2D eigenvalue weighted by Crippen LogP contribution is -2.09. The summed E-state index contributed by atoms with van der Waals surface area (Å²) < 4.78 is 0. The molecule has 0 aliphatic heterocycles. The molecule has 0 saturated carbocycles. The highest BCUT2D eigenvalue weighted by atomic mass is 15.2. The summed E-state index contributed by atoms with van der Waals surface area (Å²) in [5.41, 5.74) is 1.01. The highest BCUT2D eigenvalue weighted by molar-refractivity contribution is 5.26. The lowest BCUT2D eigenvalue weighted by molar-refractivity contribution is 0.810. The fourth-order valence-corrected chi connectivity index (χ4v) is 1.15. The fourth-order valence-electron chi connectivity index (χ4n) is 1.15. The normalized spacial score (nSPS) is 12.4. The van der Waals surface area contributed by atoms with Crippen LogP contribution >= 0.6 is 0 Å². The van der Waals surface area contributed by atoms with Crippen molar-refractivity contribution in [2.75, 3.05) is 5.32 Å². The highest BCUT2D eigenvalue weighted by Crippen LogP contribution is 2.12. The molecule has 0 aliphatic rings. The lowest BCUT2D eigenvalue weighted by Gasteiger charge is -2.10. The second kappa shape index (κ2) is 3.87. The van der Waals surface area contributed by atoms with E-state index in [0.717, 1.165) is 5.69 Å². The first kappa shape index (κ1) is 8.68. The molecule has 0 radical (unpaired) electrons. The van der Waals surface area contributed by atoms with Gasteiger partial charge in [-0.1, -0.05) is 0 Å². The lowest BCUT2D eigenvalue weighted by atomic mass is 10.2. The summed E-state index contributed by atoms with van der Waals surface area (Å²) >= 11 is 0. The molecule has 0 saturated heterocycles. The maximum absolute atomic E-state index is 4.07. The number of aromatic nitrogens is 4. The zero-order chi connectivity index (χ0) is 9.80. The molecule has 1 unspecified atom stereocenters. The number of nitrogens with one attached hydrogen (secondary N) is 2. The van der Waals surface area contributed by atoms with Crippen LogP contribution in [-0.2, 0) is 0 Å². The summed E-state index contributed by atoms with van der Waals surface area (Å²) in [5.74, 6) is 0.620. The van der Waals surface area contributed by atoms with Crippen molar-refractivity contribution in [1.29, 1.82) is 0 Å². The van der Waals surface area contributed by atoms with Crippen LogP contribution in [0.15, 0.2) is 30.7 Å². The summed E-state index contributed by atoms with van der Waals surface area (Å²) in [5, 5.41) is 9.92. The van der Waals surface area contributed by atoms with Crippen LogP contribution < -0.4 is 5.32 Å². The van der Waals surface area contributed by atoms with Gasteiger partial charge < -0.3 is 5.32 Å². The van der Waals surface area contributed by atoms with Crippen molar-refractivity contribution in [3.8, 4) is 0 Å². The second-order valence-corrected chi connectivity index (χ2v) is 2.95. The van der Waals surface area contributed by atoms with E-state index >= 15 is 0 Å². The molecule has 2 aromatic heterocycles. The molecule has 0 spiro atoms. The van der Waals surface area contributed by atoms with Gasteiger partial charge in [0, 0.05) is 18.6 Å². The SMILES string of the molecule is CC(Nc1ncccn1)c1ccn[nH]1. The maximum atomic E-state index is 4.07. The molecule has 0 amide bonds. The van der Waals surface area contributed by atoms with Crippen LogP contribution in [0.4, 0.5) is 5.95 Å². The molecule has 5 nitrogen and oxygen atoms in total. The van der Waals surface area contributed by atoms with Crippen molar-refractivity contribution >= 4 is 5.95 Å². The first-order valence-corrected chi connectivity index (χ1v) is 4.39. The number of aromatic amines is 1. The third-order valence-electron chi connectivity index (χ3n) is 1.90. The molecule has 0 aliphatic carbocycles. The molecular weight excluding hydrogens is 178 g/mol. The largest absolute Gasteiger partial charge is 0.346 e. The van der Waals surface area contributed by atoms with E-state index in [1.807, 2.05) is 13.0 Å². The summed E-state index contributed by atoms with van der Waals surface area (Å²) in [6.07, 6.45) is 5.13. The average molecular weight is 189 g/mol. The molecule has 2 heterocycles. The molecular formula is C9H11N5. The molecule has 14 heavy (non-hydrogen) atoms. The van der Waals surface area contributed by atoms with E-state index in [2.05, 4.69) is 25.5 Å². The third-order valence-corrected chi connectivity index (χ3v) is 1.90. The van der Waals surface area contributed by atoms with Crippen molar-refractivity contribution in [2.45, 2.75) is 13.0 Å². The van der Waals surface area contributed by atoms with E-state index in [0.29, 0.717) is 5.95 Å². The number of rotatable bonds is 3. The molecule has 0 aromatic carbocycles. The van der Waals surface area contributed by atoms with Gasteiger partial charge in [0.05, 0.1) is 11.7 Å². The van der Waals surface area contributed by atoms with Crippen molar-refractivity contribution in [3.05, 3.63) is 36.4 Å². The zero-order valence-electron chi connectivity index (χ0n) is 7.81. The second-order valence-electron chi connectivity index (χ2n) is 2.95. The Morgan fingerprint density at radius 2 is 2.07 bits per heavy atom. The van der Waals surface area contributed by atoms with Crippen LogP contribution in [-0.4, -0.2) is 20.2 Å². The predicted octanol–water partition coefficient (Wildman–Crippen LogP) is 1.37. The van der Waals surface area contributed by atoms with Crippen LogP contribution in [0.3, 0.4) is 0 Å². The van der Waals surface area contributed by atoms with Crippen LogP contribution in [0.2, 0.25) is 0 Å². The summed E-state index contributed by atoms with van der Waals surface area (Å²) in [6, 6.07) is 3.83. The Morgan fingerprint density at radius 1 is 1.29 bits per heavy atom. The van der Waals surface area contributed by atoms with Gasteiger partial charge in [-0.3, -0.25) is 5.10 Å². The van der Waals surface area contributed by atoms with E-state index < -0.39 is 0 Å². The fraction of sp³-hybridized carbons (Fsp3) is 0.222. The van der Waals surface area contributed by atoms with Crippen LogP contribution in [0, 0.1) is 0 Å². The van der Waals surface area contributed by atoms with Gasteiger partial charge in [-0.05, 0) is 19.1 Å². The van der Waals surface area contributed by atoms with Gasteiger partial charge in [0.15, 0.2) is 0 Å². The number of hydrogen-bond acceptors (Lipinski definition) is 4. The average Bonchev–Trinajstić information content (AvgIpc) is 2.72. The number of anilines is 1. The molecule has 72 valence electrons. The van der Waals surface area contributed by atoms with Crippen molar-refractivity contribution in [1.82, 2.24) is 20.2 Å². The third kappa shape index (κ3) is 1.87. The van der Waals surface area contributed by atoms with Gasteiger partial charge in [-0.15, -0.1) is 0 Å². The molecule has 1 atom stereocenters. The maximum Gasteiger partial charge on any atom is 0.223 e. The van der Waals surface area contributed by atoms with Crippen molar-refractivity contribution in [3.63, 3.8) is 0 Å². The standard InChI is InChI=1S/C9H11N5/c1-7(8-3-6-12-14-8)13-9-10-4-2-5-11-9/h2-7H,1H3,(H,12,14)(H,10,11,13). The molecule has 2 aromatic rings. The number of hydrogen-bond donors (Lipinski definition) is 2. The van der Waals surface area contributed by atoms with Crippen LogP contribution in [0.1, 0.15) is 18.7 Å². The topological polar surface area (TPSA) is 66.5 Å². The van der Waals surface area contributed by atoms with Gasteiger partial charge in [0.2, 0.25) is 5.95 Å². The Hall–Kier alpha value is -1.91. The highest BCUT2D eigenvalue weighted by Gasteiger charge is 2.06. The van der Waals surface area contributed by atoms with Gasteiger partial charge in [-0.25, -0.2) is 9.97 Å². The van der Waals surface area contributed by atoms with Crippen LogP contribution in [0.5, 0.6) is 0 Å². The molecule has 2 rings (SSSR count). The van der Waals surface area contributed by atoms with E-state index in [4.69, 9.17) is 0 Å². The minimum absolute atomic E-state index is 0.125. The predicted molar refractivity (Wildman–Crippen MR) is 52.7 cm³/mol. The van der Waals surface area contributed by atoms with E-state index in [-0.39, 0.29) is 6.04 Å². The van der Waals surface area contributed by atoms with Crippen LogP contribution in [0.25, 0.3) is 0 Å². The quantitative estimate of drug-likeness (QED) is 0.765. The van der Waals surface area contributed by atoms with E-state index in [9.17, 15) is 0 Å². The van der Waals surface area contributed by atoms with Gasteiger partial charge >= 0.3 is 0 Å². The van der Waals surface area contributed by atoms with Crippen molar-refractivity contribution < 1.29 is 0 Å². The Morgan fingerprint density at radius 3 is 2.71 bits per heavy atom. The Kier molecular flexibility index (Phi) is 2.40. The van der Waals surface area contributed by atoms with Gasteiger partial charge in [0.25, 0.3) is 0 Å². The molecule has 5 heteroatoms. The minimum Gasteiger partial charge on any atom is -0.346 e. The summed E-state index contributed by atoms with van der Waals surface area (Å²) in [4.78, 5) is 8.14. The number of nitrogens with zero attached hydrogens (tertiary/aromatic N) is 3. The zero-order valence-corrected chi connectivity index (χ0v) is 7.81. The minimum atomic E-state index is 0.125. The molecule has 0 fully saturated rings. The van der Waals surface area contributed by atoms with Gasteiger partial charge in [-0.2, -0.15) is 5.10 Å². The van der Waals surface area contributed by atoms with E-state index in [1.54, 1.807) is 24.7 Å². The molecule has 2 N–H and O–H groups in total. The molecule has 0 bridgehead atoms. The van der Waals surface area contributed by atoms with Crippen molar-refractivity contribution in [2.24, 2.45) is 0 Å². The Balaban J connectivity index is 2.06. The smallest absolute Gasteiger partial charge is 0.223 e. The monoisotopic (exact) mass is 189 g/mol.